The number of benzene rings is 1. The number of hydrogen-bond donors (Lipinski definition) is 1. The van der Waals surface area contributed by atoms with Gasteiger partial charge in [-0.2, -0.15) is 0 Å². The van der Waals surface area contributed by atoms with Gasteiger partial charge in [0.15, 0.2) is 0 Å². The van der Waals surface area contributed by atoms with E-state index < -0.39 is 17.5 Å². The lowest BCUT2D eigenvalue weighted by molar-refractivity contribution is -0.311. The van der Waals surface area contributed by atoms with Crippen LogP contribution in [0.1, 0.15) is 19.4 Å². The molecule has 0 amide bonds. The highest BCUT2D eigenvalue weighted by Gasteiger charge is 1.99. The second-order valence-electron chi connectivity index (χ2n) is 2.80. The number of carbonyl (C=O) groups excluding carboxylic acids is 2. The number of hydrogen-bond acceptors (Lipinski definition) is 5. The zero-order valence-electron chi connectivity index (χ0n) is 11.0. The number of carboxylic acids is 2. The molecule has 2 N–H and O–H groups in total. The molecule has 0 bridgehead atoms. The Hall–Kier alpha value is -2.01. The van der Waals surface area contributed by atoms with Gasteiger partial charge >= 0.3 is 0 Å². The first-order valence-electron chi connectivity index (χ1n) is 5.38. The van der Waals surface area contributed by atoms with Crippen molar-refractivity contribution < 1.29 is 19.8 Å². The van der Waals surface area contributed by atoms with E-state index in [9.17, 15) is 19.8 Å². The first-order chi connectivity index (χ1) is 9.00. The summed E-state index contributed by atoms with van der Waals surface area (Å²) in [5, 5.41) is 20.8. The van der Waals surface area contributed by atoms with Crippen molar-refractivity contribution in [2.24, 2.45) is 0 Å². The van der Waals surface area contributed by atoms with Crippen LogP contribution in [0.2, 0.25) is 0 Å². The van der Waals surface area contributed by atoms with Gasteiger partial charge in [-0.15, -0.1) is 11.6 Å². The third-order valence-electron chi connectivity index (χ3n) is 1.69. The molecule has 1 rings (SSSR count). The second-order valence-corrected chi connectivity index (χ2v) is 2.80. The number of rotatable bonds is 3. The van der Waals surface area contributed by atoms with Gasteiger partial charge in [-0.1, -0.05) is 26.0 Å². The third-order valence-corrected chi connectivity index (χ3v) is 1.69. The molecule has 5 nitrogen and oxygen atoms in total. The summed E-state index contributed by atoms with van der Waals surface area (Å²) in [6, 6.07) is 6.02. The van der Waals surface area contributed by atoms with Gasteiger partial charge in [0.05, 0.1) is 11.9 Å². The zero-order chi connectivity index (χ0) is 15.4. The van der Waals surface area contributed by atoms with E-state index in [-0.39, 0.29) is 0 Å². The Morgan fingerprint density at radius 3 is 1.74 bits per heavy atom. The van der Waals surface area contributed by atoms with E-state index in [0.29, 0.717) is 11.3 Å². The third kappa shape index (κ3) is 7.83. The summed E-state index contributed by atoms with van der Waals surface area (Å²) in [7, 11) is 0. The number of halogens is 1. The number of aliphatic carboxylic acids is 2. The van der Waals surface area contributed by atoms with E-state index in [0.717, 1.165) is 6.08 Å². The number of alkyl halides is 1. The van der Waals surface area contributed by atoms with Crippen molar-refractivity contribution in [2.45, 2.75) is 13.8 Å². The second kappa shape index (κ2) is 11.1. The molecule has 0 aliphatic heterocycles. The zero-order valence-corrected chi connectivity index (χ0v) is 11.7. The first-order valence-corrected chi connectivity index (χ1v) is 6.14. The van der Waals surface area contributed by atoms with E-state index in [4.69, 9.17) is 5.73 Å². The van der Waals surface area contributed by atoms with Crippen LogP contribution in [-0.2, 0) is 9.59 Å². The van der Waals surface area contributed by atoms with Gasteiger partial charge in [-0.05, 0) is 23.8 Å². The van der Waals surface area contributed by atoms with Gasteiger partial charge in [-0.25, -0.2) is 0 Å². The molecule has 1 aromatic rings. The normalized spacial score (nSPS) is 8.00. The fourth-order valence-electron chi connectivity index (χ4n) is 0.960. The van der Waals surface area contributed by atoms with Gasteiger partial charge in [0.1, 0.15) is 0 Å². The van der Waals surface area contributed by atoms with Crippen molar-refractivity contribution in [3.63, 3.8) is 0 Å². The molecule has 106 valence electrons. The fourth-order valence-corrected chi connectivity index (χ4v) is 0.960. The molecule has 0 saturated heterocycles. The summed E-state index contributed by atoms with van der Waals surface area (Å²) in [5.74, 6) is -3.57. The van der Waals surface area contributed by atoms with Crippen molar-refractivity contribution in [3.8, 4) is 0 Å². The molecule has 0 aliphatic carbocycles. The number of nitrogens with two attached hydrogens (primary N) is 1. The predicted molar refractivity (Wildman–Crippen MR) is 72.0 cm³/mol. The van der Waals surface area contributed by atoms with Gasteiger partial charge in [0.25, 0.3) is 0 Å². The molecule has 0 aromatic heterocycles. The Bertz CT molecular complexity index is 411. The molecule has 0 fully saturated rings. The van der Waals surface area contributed by atoms with Crippen LogP contribution in [0.15, 0.2) is 29.8 Å². The van der Waals surface area contributed by atoms with Crippen molar-refractivity contribution >= 4 is 35.3 Å². The van der Waals surface area contributed by atoms with Crippen molar-refractivity contribution in [1.29, 1.82) is 0 Å². The largest absolute Gasteiger partial charge is 0.545 e. The van der Waals surface area contributed by atoms with Gasteiger partial charge in [0, 0.05) is 17.6 Å². The average Bonchev–Trinajstić information content (AvgIpc) is 2.42. The monoisotopic (exact) mass is 285 g/mol. The van der Waals surface area contributed by atoms with Crippen LogP contribution in [0, 0.1) is 0 Å². The first kappa shape index (κ1) is 19.3. The fraction of sp³-hybridized carbons (Fsp3) is 0.231. The molecule has 0 heterocycles. The Labute approximate surface area is 117 Å². The maximum Gasteiger partial charge on any atom is 0.0733 e. The van der Waals surface area contributed by atoms with Gasteiger partial charge in [0.2, 0.25) is 0 Å². The van der Waals surface area contributed by atoms with Crippen LogP contribution in [0.3, 0.4) is 0 Å². The molecule has 1 aromatic carbocycles. The van der Waals surface area contributed by atoms with Gasteiger partial charge in [-0.3, -0.25) is 0 Å². The SMILES string of the molecule is CC.CCl.Nc1ccc(C=C(C(=O)[O-])C(=O)[O-])cc1. The maximum atomic E-state index is 10.4. The van der Waals surface area contributed by atoms with Crippen LogP contribution in [0.5, 0.6) is 0 Å². The Kier molecular flexibility index (Phi) is 11.3. The molecule has 19 heavy (non-hydrogen) atoms. The number of carboxylic acid groups (broad SMARTS) is 2. The molecule has 0 atom stereocenters. The van der Waals surface area contributed by atoms with E-state index in [1.165, 1.54) is 30.6 Å². The molecular formula is C13H16ClNO4-2. The Morgan fingerprint density at radius 2 is 1.42 bits per heavy atom. The van der Waals surface area contributed by atoms with E-state index in [2.05, 4.69) is 11.6 Å². The van der Waals surface area contributed by atoms with E-state index in [1.54, 1.807) is 0 Å². The number of nitrogen functional groups attached to an aromatic ring is 1. The van der Waals surface area contributed by atoms with Crippen LogP contribution in [0.4, 0.5) is 5.69 Å². The maximum absolute atomic E-state index is 10.4. The molecular weight excluding hydrogens is 270 g/mol. The Morgan fingerprint density at radius 1 is 1.05 bits per heavy atom. The molecule has 0 saturated carbocycles. The number of carbonyl (C=O) groups is 2. The standard InChI is InChI=1S/C10H9NO4.C2H6.CH3Cl/c11-7-3-1-6(2-4-7)5-8(9(12)13)10(14)15;2*1-2/h1-5H,11H2,(H,12,13)(H,14,15);1-2H3;1H3/p-2. The molecule has 0 unspecified atom stereocenters. The molecule has 6 heteroatoms. The van der Waals surface area contributed by atoms with E-state index >= 15 is 0 Å². The highest BCUT2D eigenvalue weighted by atomic mass is 35.5. The molecule has 0 spiro atoms. The van der Waals surface area contributed by atoms with Crippen LogP contribution in [-0.4, -0.2) is 18.3 Å². The quantitative estimate of drug-likeness (QED) is 0.277. The topological polar surface area (TPSA) is 106 Å². The minimum Gasteiger partial charge on any atom is -0.545 e. The van der Waals surface area contributed by atoms with E-state index in [1.807, 2.05) is 13.8 Å². The summed E-state index contributed by atoms with van der Waals surface area (Å²) in [6.45, 7) is 4.00. The lowest BCUT2D eigenvalue weighted by Gasteiger charge is -2.09. The number of anilines is 1. The van der Waals surface area contributed by atoms with Crippen molar-refractivity contribution in [2.75, 3.05) is 12.1 Å². The summed E-state index contributed by atoms with van der Waals surface area (Å²) >= 11 is 4.64. The Balaban J connectivity index is 0. The van der Waals surface area contributed by atoms with Crippen LogP contribution < -0.4 is 15.9 Å². The smallest absolute Gasteiger partial charge is 0.0733 e. The van der Waals surface area contributed by atoms with Crippen LogP contribution in [0.25, 0.3) is 6.08 Å². The lowest BCUT2D eigenvalue weighted by atomic mass is 10.1. The molecule has 0 aliphatic rings. The summed E-state index contributed by atoms with van der Waals surface area (Å²) < 4.78 is 0. The minimum atomic E-state index is -1.79. The van der Waals surface area contributed by atoms with Crippen molar-refractivity contribution in [3.05, 3.63) is 35.4 Å². The average molecular weight is 286 g/mol. The predicted octanol–water partition coefficient (Wildman–Crippen LogP) is 0.0332. The summed E-state index contributed by atoms with van der Waals surface area (Å²) in [4.78, 5) is 20.8. The summed E-state index contributed by atoms with van der Waals surface area (Å²) in [5.41, 5.74) is 5.39. The van der Waals surface area contributed by atoms with Crippen LogP contribution >= 0.6 is 11.6 Å². The summed E-state index contributed by atoms with van der Waals surface area (Å²) in [6.07, 6.45) is 2.42. The lowest BCUT2D eigenvalue weighted by Crippen LogP contribution is -2.36. The molecule has 0 radical (unpaired) electrons. The van der Waals surface area contributed by atoms with Crippen molar-refractivity contribution in [1.82, 2.24) is 0 Å². The van der Waals surface area contributed by atoms with Gasteiger partial charge < -0.3 is 25.5 Å². The highest BCUT2D eigenvalue weighted by molar-refractivity contribution is 6.15. The highest BCUT2D eigenvalue weighted by Crippen LogP contribution is 2.09. The minimum absolute atomic E-state index is 0.396.